The topological polar surface area (TPSA) is 65.0 Å². The maximum absolute atomic E-state index is 14.8. The Hall–Kier alpha value is -2.23. The molecule has 1 aliphatic rings. The molecule has 0 atom stereocenters. The Morgan fingerprint density at radius 1 is 1.30 bits per heavy atom. The molecule has 152 valence electrons. The molecule has 0 saturated heterocycles. The number of hydrogen-bond donors (Lipinski definition) is 0. The minimum atomic E-state index is -0.431. The number of hydrogen-bond acceptors (Lipinski definition) is 7. The first-order valence-corrected chi connectivity index (χ1v) is 11.7. The second-order valence-electron chi connectivity index (χ2n) is 6.38. The van der Waals surface area contributed by atoms with Crippen molar-refractivity contribution < 1.29 is 13.9 Å². The van der Waals surface area contributed by atoms with Gasteiger partial charge in [0.15, 0.2) is 5.16 Å². The fraction of sp³-hybridized carbons (Fsp3) is 0.143. The highest BCUT2D eigenvalue weighted by Crippen LogP contribution is 2.41. The van der Waals surface area contributed by atoms with E-state index >= 15 is 0 Å². The van der Waals surface area contributed by atoms with Crippen LogP contribution in [0.15, 0.2) is 56.3 Å². The van der Waals surface area contributed by atoms with Gasteiger partial charge in [0, 0.05) is 29.7 Å². The Kier molecular flexibility index (Phi) is 6.21. The van der Waals surface area contributed by atoms with E-state index in [0.29, 0.717) is 37.5 Å². The molecule has 0 saturated carbocycles. The number of ketones is 1. The lowest BCUT2D eigenvalue weighted by molar-refractivity contribution is 0.104. The van der Waals surface area contributed by atoms with Crippen LogP contribution in [0.1, 0.15) is 27.0 Å². The summed E-state index contributed by atoms with van der Waals surface area (Å²) in [6.07, 6.45) is 8.57. The van der Waals surface area contributed by atoms with E-state index in [1.54, 1.807) is 49.8 Å². The van der Waals surface area contributed by atoms with E-state index < -0.39 is 5.82 Å². The molecular weight excluding hydrogens is 489 g/mol. The van der Waals surface area contributed by atoms with Crippen LogP contribution in [0, 0.1) is 12.7 Å². The summed E-state index contributed by atoms with van der Waals surface area (Å²) in [6, 6.07) is 5.18. The number of nitrogens with zero attached hydrogens (tertiary/aromatic N) is 3. The molecule has 0 radical (unpaired) electrons. The van der Waals surface area contributed by atoms with E-state index in [1.807, 2.05) is 6.26 Å². The predicted octanol–water partition coefficient (Wildman–Crippen LogP) is 5.71. The molecule has 0 spiro atoms. The first-order chi connectivity index (χ1) is 14.5. The van der Waals surface area contributed by atoms with E-state index in [1.165, 1.54) is 23.5 Å². The number of pyridine rings is 1. The molecule has 5 nitrogen and oxygen atoms in total. The number of thioether (sulfide) groups is 2. The first-order valence-electron chi connectivity index (χ1n) is 8.83. The molecule has 4 rings (SSSR count). The van der Waals surface area contributed by atoms with Crippen LogP contribution in [0.3, 0.4) is 0 Å². The number of halogens is 2. The van der Waals surface area contributed by atoms with Crippen molar-refractivity contribution in [2.75, 3.05) is 6.26 Å². The van der Waals surface area contributed by atoms with Gasteiger partial charge < -0.3 is 4.74 Å². The van der Waals surface area contributed by atoms with Crippen LogP contribution in [0.4, 0.5) is 4.39 Å². The zero-order valence-electron chi connectivity index (χ0n) is 16.0. The van der Waals surface area contributed by atoms with Crippen molar-refractivity contribution in [3.8, 4) is 5.75 Å². The third-order valence-electron chi connectivity index (χ3n) is 4.42. The lowest BCUT2D eigenvalue weighted by atomic mass is 10.1. The highest BCUT2D eigenvalue weighted by atomic mass is 79.9. The largest absolute Gasteiger partial charge is 0.488 e. The van der Waals surface area contributed by atoms with Crippen LogP contribution in [-0.2, 0) is 6.61 Å². The van der Waals surface area contributed by atoms with Crippen molar-refractivity contribution >= 4 is 51.3 Å². The predicted molar refractivity (Wildman–Crippen MR) is 119 cm³/mol. The summed E-state index contributed by atoms with van der Waals surface area (Å²) in [5, 5.41) is 1.33. The average molecular weight is 504 g/mol. The summed E-state index contributed by atoms with van der Waals surface area (Å²) in [6.45, 7) is 1.85. The van der Waals surface area contributed by atoms with Crippen LogP contribution in [0.5, 0.6) is 5.75 Å². The van der Waals surface area contributed by atoms with Crippen molar-refractivity contribution in [2.24, 2.45) is 0 Å². The fourth-order valence-corrected chi connectivity index (χ4v) is 4.64. The summed E-state index contributed by atoms with van der Waals surface area (Å²) in [7, 11) is 0. The molecule has 3 aromatic rings. The van der Waals surface area contributed by atoms with Gasteiger partial charge in [0.1, 0.15) is 23.2 Å². The second kappa shape index (κ2) is 8.87. The summed E-state index contributed by atoms with van der Waals surface area (Å²) >= 11 is 6.03. The van der Waals surface area contributed by atoms with Gasteiger partial charge in [-0.3, -0.25) is 4.79 Å². The van der Waals surface area contributed by atoms with Gasteiger partial charge >= 0.3 is 0 Å². The van der Waals surface area contributed by atoms with Crippen molar-refractivity contribution in [3.63, 3.8) is 0 Å². The highest BCUT2D eigenvalue weighted by Gasteiger charge is 2.27. The third-order valence-corrected chi connectivity index (χ3v) is 6.85. The molecule has 30 heavy (non-hydrogen) atoms. The standard InChI is InChI=1S/C21H15BrFN3O2S2/c1-11-15(28-10-12-8-25-21(29-2)26-9-12)6-13(17(22)18(11)23)7-16-19(27)14-4-3-5-24-20(14)30-16/h3-9H,10H2,1-2H3/b16-7-. The van der Waals surface area contributed by atoms with Crippen molar-refractivity contribution in [2.45, 2.75) is 23.7 Å². The summed E-state index contributed by atoms with van der Waals surface area (Å²) < 4.78 is 20.9. The van der Waals surface area contributed by atoms with E-state index in [4.69, 9.17) is 4.74 Å². The summed E-state index contributed by atoms with van der Waals surface area (Å²) in [5.41, 5.74) is 2.23. The molecule has 1 aliphatic heterocycles. The number of carbonyl (C=O) groups is 1. The highest BCUT2D eigenvalue weighted by molar-refractivity contribution is 9.10. The van der Waals surface area contributed by atoms with Crippen LogP contribution in [0.2, 0.25) is 0 Å². The Morgan fingerprint density at radius 2 is 2.07 bits per heavy atom. The monoisotopic (exact) mass is 503 g/mol. The van der Waals surface area contributed by atoms with Gasteiger partial charge in [-0.1, -0.05) is 23.5 Å². The third kappa shape index (κ3) is 4.14. The van der Waals surface area contributed by atoms with E-state index in [-0.39, 0.29) is 16.9 Å². The van der Waals surface area contributed by atoms with Gasteiger partial charge in [-0.25, -0.2) is 19.3 Å². The normalized spacial score (nSPS) is 14.3. The van der Waals surface area contributed by atoms with Crippen molar-refractivity contribution in [1.29, 1.82) is 0 Å². The molecule has 0 unspecified atom stereocenters. The van der Waals surface area contributed by atoms with Gasteiger partial charge in [0.25, 0.3) is 0 Å². The number of rotatable bonds is 5. The maximum Gasteiger partial charge on any atom is 0.202 e. The lowest BCUT2D eigenvalue weighted by Gasteiger charge is -2.13. The number of Topliss-reactive ketones (excluding diaryl/α,β-unsaturated/α-hetero) is 1. The SMILES string of the molecule is CSc1ncc(COc2cc(/C=C3\Sc4ncccc4C3=O)c(Br)c(F)c2C)cn1. The lowest BCUT2D eigenvalue weighted by Crippen LogP contribution is -2.02. The fourth-order valence-electron chi connectivity index (χ4n) is 2.82. The van der Waals surface area contributed by atoms with Gasteiger partial charge in [-0.05, 0) is 58.9 Å². The average Bonchev–Trinajstić information content (AvgIpc) is 3.09. The molecule has 1 aromatic carbocycles. The smallest absolute Gasteiger partial charge is 0.202 e. The van der Waals surface area contributed by atoms with E-state index in [0.717, 1.165) is 5.56 Å². The molecule has 0 amide bonds. The Balaban J connectivity index is 1.62. The van der Waals surface area contributed by atoms with Gasteiger partial charge in [-0.2, -0.15) is 0 Å². The molecule has 9 heteroatoms. The second-order valence-corrected chi connectivity index (χ2v) is 8.98. The number of aromatic nitrogens is 3. The number of ether oxygens (including phenoxy) is 1. The Bertz CT molecular complexity index is 1170. The molecular formula is C21H15BrFN3O2S2. The van der Waals surface area contributed by atoms with Gasteiger partial charge in [0.05, 0.1) is 14.9 Å². The zero-order chi connectivity index (χ0) is 21.3. The zero-order valence-corrected chi connectivity index (χ0v) is 19.2. The maximum atomic E-state index is 14.8. The van der Waals surface area contributed by atoms with Crippen molar-refractivity contribution in [3.05, 3.63) is 74.2 Å². The Morgan fingerprint density at radius 3 is 2.77 bits per heavy atom. The van der Waals surface area contributed by atoms with E-state index in [9.17, 15) is 9.18 Å². The number of benzene rings is 1. The molecule has 0 N–H and O–H groups in total. The minimum Gasteiger partial charge on any atom is -0.488 e. The van der Waals surface area contributed by atoms with Crippen LogP contribution in [-0.4, -0.2) is 27.0 Å². The van der Waals surface area contributed by atoms with Crippen molar-refractivity contribution in [1.82, 2.24) is 15.0 Å². The van der Waals surface area contributed by atoms with Crippen LogP contribution < -0.4 is 4.74 Å². The molecule has 0 fully saturated rings. The van der Waals surface area contributed by atoms with Gasteiger partial charge in [0.2, 0.25) is 5.78 Å². The molecule has 0 bridgehead atoms. The van der Waals surface area contributed by atoms with Crippen LogP contribution in [0.25, 0.3) is 6.08 Å². The summed E-state index contributed by atoms with van der Waals surface area (Å²) in [5.74, 6) is -0.161. The molecule has 3 heterocycles. The number of carbonyl (C=O) groups excluding carboxylic acids is 1. The molecule has 2 aromatic heterocycles. The summed E-state index contributed by atoms with van der Waals surface area (Å²) in [4.78, 5) is 25.8. The Labute approximate surface area is 189 Å². The minimum absolute atomic E-state index is 0.121. The quantitative estimate of drug-likeness (QED) is 0.251. The van der Waals surface area contributed by atoms with Crippen LogP contribution >= 0.6 is 39.5 Å². The number of fused-ring (bicyclic) bond motifs is 1. The first kappa shape index (κ1) is 21.0. The van der Waals surface area contributed by atoms with E-state index in [2.05, 4.69) is 30.9 Å². The number of allylic oxidation sites excluding steroid dienone is 1. The molecule has 0 aliphatic carbocycles. The van der Waals surface area contributed by atoms with Gasteiger partial charge in [-0.15, -0.1) is 0 Å².